The molecule has 18 heavy (non-hydrogen) atoms. The van der Waals surface area contributed by atoms with Crippen LogP contribution in [0.25, 0.3) is 0 Å². The zero-order valence-corrected chi connectivity index (χ0v) is 12.2. The van der Waals surface area contributed by atoms with Crippen LogP contribution >= 0.6 is 15.9 Å². The predicted molar refractivity (Wildman–Crippen MR) is 75.4 cm³/mol. The predicted octanol–water partition coefficient (Wildman–Crippen LogP) is 1.95. The van der Waals surface area contributed by atoms with Gasteiger partial charge in [-0.1, -0.05) is 28.1 Å². The Morgan fingerprint density at radius 2 is 2.00 bits per heavy atom. The van der Waals surface area contributed by atoms with E-state index in [1.807, 2.05) is 18.8 Å². The number of aromatic nitrogens is 3. The topological polar surface area (TPSA) is 42.7 Å². The van der Waals surface area contributed by atoms with Gasteiger partial charge in [-0.2, -0.15) is 5.10 Å². The molecule has 5 heteroatoms. The summed E-state index contributed by atoms with van der Waals surface area (Å²) in [5.74, 6) is 1.01. The van der Waals surface area contributed by atoms with Crippen LogP contribution in [0.2, 0.25) is 0 Å². The number of aryl methyl sites for hydroxylation is 1. The van der Waals surface area contributed by atoms with Crippen molar-refractivity contribution in [1.29, 1.82) is 0 Å². The van der Waals surface area contributed by atoms with Gasteiger partial charge >= 0.3 is 0 Å². The highest BCUT2D eigenvalue weighted by atomic mass is 79.9. The molecule has 0 bridgehead atoms. The Kier molecular flexibility index (Phi) is 4.49. The second-order valence-electron chi connectivity index (χ2n) is 4.32. The highest BCUT2D eigenvalue weighted by Crippen LogP contribution is 2.13. The van der Waals surface area contributed by atoms with E-state index in [1.165, 1.54) is 5.56 Å². The van der Waals surface area contributed by atoms with E-state index < -0.39 is 0 Å². The van der Waals surface area contributed by atoms with Crippen molar-refractivity contribution in [3.05, 3.63) is 46.5 Å². The molecule has 0 spiro atoms. The smallest absolute Gasteiger partial charge is 0.138 e. The lowest BCUT2D eigenvalue weighted by molar-refractivity contribution is 0.527. The SMILES string of the molecule is CNC(Cc1ccc(Br)cc1)Cc1ncnn1C. The normalized spacial score (nSPS) is 12.6. The lowest BCUT2D eigenvalue weighted by atomic mass is 10.0. The van der Waals surface area contributed by atoms with Gasteiger partial charge in [-0.3, -0.25) is 4.68 Å². The fourth-order valence-corrected chi connectivity index (χ4v) is 2.17. The molecule has 96 valence electrons. The van der Waals surface area contributed by atoms with Crippen LogP contribution in [-0.2, 0) is 19.9 Å². The third-order valence-corrected chi connectivity index (χ3v) is 3.57. The fourth-order valence-electron chi connectivity index (χ4n) is 1.91. The summed E-state index contributed by atoms with van der Waals surface area (Å²) in [6, 6.07) is 8.80. The molecular weight excluding hydrogens is 292 g/mol. The van der Waals surface area contributed by atoms with E-state index in [0.717, 1.165) is 23.1 Å². The van der Waals surface area contributed by atoms with E-state index >= 15 is 0 Å². The largest absolute Gasteiger partial charge is 0.316 e. The van der Waals surface area contributed by atoms with Crippen LogP contribution in [0.15, 0.2) is 35.1 Å². The van der Waals surface area contributed by atoms with Crippen LogP contribution in [0.3, 0.4) is 0 Å². The molecule has 1 aromatic carbocycles. The molecule has 1 heterocycles. The number of nitrogens with zero attached hydrogens (tertiary/aromatic N) is 3. The third-order valence-electron chi connectivity index (χ3n) is 3.04. The number of hydrogen-bond acceptors (Lipinski definition) is 3. The maximum absolute atomic E-state index is 4.26. The first-order valence-electron chi connectivity index (χ1n) is 5.93. The third kappa shape index (κ3) is 3.40. The highest BCUT2D eigenvalue weighted by Gasteiger charge is 2.11. The Hall–Kier alpha value is -1.20. The van der Waals surface area contributed by atoms with E-state index in [0.29, 0.717) is 6.04 Å². The molecule has 0 radical (unpaired) electrons. The second-order valence-corrected chi connectivity index (χ2v) is 5.24. The summed E-state index contributed by atoms with van der Waals surface area (Å²) >= 11 is 3.45. The summed E-state index contributed by atoms with van der Waals surface area (Å²) in [6.45, 7) is 0. The molecule has 0 aliphatic heterocycles. The van der Waals surface area contributed by atoms with E-state index in [9.17, 15) is 0 Å². The van der Waals surface area contributed by atoms with Crippen LogP contribution in [0.4, 0.5) is 0 Å². The van der Waals surface area contributed by atoms with E-state index in [-0.39, 0.29) is 0 Å². The first kappa shape index (κ1) is 13.2. The number of hydrogen-bond donors (Lipinski definition) is 1. The van der Waals surface area contributed by atoms with Crippen molar-refractivity contribution in [2.45, 2.75) is 18.9 Å². The molecule has 1 unspecified atom stereocenters. The van der Waals surface area contributed by atoms with Gasteiger partial charge < -0.3 is 5.32 Å². The quantitative estimate of drug-likeness (QED) is 0.918. The van der Waals surface area contributed by atoms with Crippen molar-refractivity contribution in [3.8, 4) is 0 Å². The zero-order chi connectivity index (χ0) is 13.0. The second kappa shape index (κ2) is 6.11. The zero-order valence-electron chi connectivity index (χ0n) is 10.6. The minimum Gasteiger partial charge on any atom is -0.316 e. The van der Waals surface area contributed by atoms with Gasteiger partial charge in [0.2, 0.25) is 0 Å². The minimum absolute atomic E-state index is 0.370. The number of nitrogens with one attached hydrogen (secondary N) is 1. The Bertz CT molecular complexity index is 492. The van der Waals surface area contributed by atoms with Crippen LogP contribution < -0.4 is 5.32 Å². The van der Waals surface area contributed by atoms with E-state index in [1.54, 1.807) is 6.33 Å². The van der Waals surface area contributed by atoms with E-state index in [4.69, 9.17) is 0 Å². The molecule has 2 aromatic rings. The number of halogens is 1. The summed E-state index contributed by atoms with van der Waals surface area (Å²) in [7, 11) is 3.91. The Morgan fingerprint density at radius 1 is 1.28 bits per heavy atom. The molecule has 0 aliphatic rings. The summed E-state index contributed by atoms with van der Waals surface area (Å²) in [4.78, 5) is 4.26. The molecule has 0 saturated carbocycles. The van der Waals surface area contributed by atoms with Crippen molar-refractivity contribution >= 4 is 15.9 Å². The lowest BCUT2D eigenvalue weighted by Crippen LogP contribution is -2.31. The van der Waals surface area contributed by atoms with E-state index in [2.05, 4.69) is 55.6 Å². The monoisotopic (exact) mass is 308 g/mol. The Balaban J connectivity index is 2.01. The summed E-state index contributed by atoms with van der Waals surface area (Å²) in [5, 5.41) is 7.43. The van der Waals surface area contributed by atoms with Crippen LogP contribution in [0.5, 0.6) is 0 Å². The van der Waals surface area contributed by atoms with Gasteiger partial charge in [0.1, 0.15) is 12.2 Å². The summed E-state index contributed by atoms with van der Waals surface area (Å²) in [5.41, 5.74) is 1.32. The average Bonchev–Trinajstić information content (AvgIpc) is 2.77. The first-order chi connectivity index (χ1) is 8.69. The molecule has 0 fully saturated rings. The first-order valence-corrected chi connectivity index (χ1v) is 6.73. The van der Waals surface area contributed by atoms with Gasteiger partial charge in [-0.15, -0.1) is 0 Å². The number of rotatable bonds is 5. The molecule has 1 aromatic heterocycles. The molecule has 1 N–H and O–H groups in total. The average molecular weight is 309 g/mol. The maximum atomic E-state index is 4.26. The fraction of sp³-hybridized carbons (Fsp3) is 0.385. The molecule has 0 saturated heterocycles. The highest BCUT2D eigenvalue weighted by molar-refractivity contribution is 9.10. The van der Waals surface area contributed by atoms with Gasteiger partial charge in [0.25, 0.3) is 0 Å². The summed E-state index contributed by atoms with van der Waals surface area (Å²) in [6.07, 6.45) is 3.46. The van der Waals surface area contributed by atoms with Crippen LogP contribution in [-0.4, -0.2) is 27.9 Å². The number of likely N-dealkylation sites (N-methyl/N-ethyl adjacent to an activating group) is 1. The minimum atomic E-state index is 0.370. The maximum Gasteiger partial charge on any atom is 0.138 e. The van der Waals surface area contributed by atoms with Crippen LogP contribution in [0, 0.1) is 0 Å². The molecule has 1 atom stereocenters. The molecule has 2 rings (SSSR count). The number of benzene rings is 1. The Morgan fingerprint density at radius 3 is 2.56 bits per heavy atom. The van der Waals surface area contributed by atoms with Gasteiger partial charge in [0.15, 0.2) is 0 Å². The molecule has 0 amide bonds. The standard InChI is InChI=1S/C13H17BrN4/c1-15-12(8-13-16-9-17-18(13)2)7-10-3-5-11(14)6-4-10/h3-6,9,12,15H,7-8H2,1-2H3. The molecule has 0 aliphatic carbocycles. The van der Waals surface area contributed by atoms with Crippen molar-refractivity contribution < 1.29 is 0 Å². The lowest BCUT2D eigenvalue weighted by Gasteiger charge is -2.15. The van der Waals surface area contributed by atoms with Crippen molar-refractivity contribution in [2.75, 3.05) is 7.05 Å². The molecule has 4 nitrogen and oxygen atoms in total. The van der Waals surface area contributed by atoms with Gasteiger partial charge in [0, 0.05) is 24.0 Å². The molecular formula is C13H17BrN4. The van der Waals surface area contributed by atoms with Gasteiger partial charge in [-0.25, -0.2) is 4.98 Å². The van der Waals surface area contributed by atoms with Gasteiger partial charge in [0.05, 0.1) is 0 Å². The Labute approximate surface area is 116 Å². The van der Waals surface area contributed by atoms with Crippen molar-refractivity contribution in [3.63, 3.8) is 0 Å². The van der Waals surface area contributed by atoms with Gasteiger partial charge in [-0.05, 0) is 31.2 Å². The van der Waals surface area contributed by atoms with Crippen molar-refractivity contribution in [1.82, 2.24) is 20.1 Å². The van der Waals surface area contributed by atoms with Crippen molar-refractivity contribution in [2.24, 2.45) is 7.05 Å². The summed E-state index contributed by atoms with van der Waals surface area (Å²) < 4.78 is 2.94. The van der Waals surface area contributed by atoms with Crippen LogP contribution in [0.1, 0.15) is 11.4 Å².